The Bertz CT molecular complexity index is 413. The minimum Gasteiger partial charge on any atom is -0.399 e. The fourth-order valence-corrected chi connectivity index (χ4v) is 1.02. The van der Waals surface area contributed by atoms with Gasteiger partial charge in [-0.3, -0.25) is 0 Å². The lowest BCUT2D eigenvalue weighted by molar-refractivity contribution is 0.580. The maximum Gasteiger partial charge on any atom is 0.135 e. The summed E-state index contributed by atoms with van der Waals surface area (Å²) in [4.78, 5) is 2.49. The number of nitrogen functional groups attached to an aromatic ring is 1. The Hall–Kier alpha value is -2.07. The van der Waals surface area contributed by atoms with Crippen LogP contribution in [0.25, 0.3) is 16.5 Å². The van der Waals surface area contributed by atoms with E-state index in [1.807, 2.05) is 0 Å². The highest BCUT2D eigenvalue weighted by Gasteiger charge is 2.06. The van der Waals surface area contributed by atoms with Crippen molar-refractivity contribution in [2.24, 2.45) is 5.11 Å². The molecule has 0 unspecified atom stereocenters. The molecule has 1 rings (SSSR count). The molecule has 0 saturated heterocycles. The van der Waals surface area contributed by atoms with E-state index in [0.29, 0.717) is 0 Å². The fraction of sp³-hybridized carbons (Fsp3) is 0.111. The van der Waals surface area contributed by atoms with Crippen molar-refractivity contribution in [3.05, 3.63) is 45.8 Å². The molecule has 0 saturated carbocycles. The molecule has 0 atom stereocenters. The third kappa shape index (κ3) is 2.96. The number of azide groups is 1. The molecule has 6 heteroatoms. The topological polar surface area (TPSA) is 74.8 Å². The zero-order valence-electron chi connectivity index (χ0n) is 7.69. The van der Waals surface area contributed by atoms with E-state index >= 15 is 0 Å². The van der Waals surface area contributed by atoms with Crippen LogP contribution in [0.3, 0.4) is 0 Å². The lowest BCUT2D eigenvalue weighted by Crippen LogP contribution is -1.93. The lowest BCUT2D eigenvalue weighted by Gasteiger charge is -2.00. The van der Waals surface area contributed by atoms with Crippen LogP contribution in [0.4, 0.5) is 14.5 Å². The second kappa shape index (κ2) is 4.97. The zero-order valence-corrected chi connectivity index (χ0v) is 7.69. The number of hydrogen-bond acceptors (Lipinski definition) is 2. The van der Waals surface area contributed by atoms with Crippen LogP contribution in [0.2, 0.25) is 0 Å². The first-order valence-electron chi connectivity index (χ1n) is 4.07. The molecular weight excluding hydrogens is 202 g/mol. The summed E-state index contributed by atoms with van der Waals surface area (Å²) < 4.78 is 26.3. The second-order valence-electron chi connectivity index (χ2n) is 2.71. The Labute approximate surface area is 84.6 Å². The largest absolute Gasteiger partial charge is 0.399 e. The summed E-state index contributed by atoms with van der Waals surface area (Å²) >= 11 is 0. The number of nitrogens with two attached hydrogens (primary N) is 1. The van der Waals surface area contributed by atoms with E-state index in [9.17, 15) is 8.78 Å². The van der Waals surface area contributed by atoms with Crippen LogP contribution in [0, 0.1) is 11.6 Å². The maximum absolute atomic E-state index is 13.1. The van der Waals surface area contributed by atoms with Crippen LogP contribution in [-0.4, -0.2) is 6.54 Å². The molecule has 0 aliphatic carbocycles. The highest BCUT2D eigenvalue weighted by atomic mass is 19.1. The van der Waals surface area contributed by atoms with Crippen molar-refractivity contribution in [1.29, 1.82) is 0 Å². The molecule has 0 spiro atoms. The highest BCUT2D eigenvalue weighted by Crippen LogP contribution is 2.17. The minimum absolute atomic E-state index is 0.0252. The van der Waals surface area contributed by atoms with Gasteiger partial charge in [-0.2, -0.15) is 0 Å². The van der Waals surface area contributed by atoms with E-state index in [1.165, 1.54) is 12.2 Å². The van der Waals surface area contributed by atoms with Crippen LogP contribution in [0.15, 0.2) is 23.3 Å². The van der Waals surface area contributed by atoms with Gasteiger partial charge in [0.25, 0.3) is 0 Å². The van der Waals surface area contributed by atoms with Crippen molar-refractivity contribution in [2.45, 2.75) is 0 Å². The summed E-state index contributed by atoms with van der Waals surface area (Å²) in [7, 11) is 0. The van der Waals surface area contributed by atoms with E-state index < -0.39 is 11.6 Å². The molecule has 0 bridgehead atoms. The van der Waals surface area contributed by atoms with Crippen molar-refractivity contribution >= 4 is 11.8 Å². The van der Waals surface area contributed by atoms with Crippen molar-refractivity contribution in [2.75, 3.05) is 12.3 Å². The monoisotopic (exact) mass is 210 g/mol. The highest BCUT2D eigenvalue weighted by molar-refractivity contribution is 5.55. The fourth-order valence-electron chi connectivity index (χ4n) is 1.02. The minimum atomic E-state index is -0.746. The van der Waals surface area contributed by atoms with Crippen molar-refractivity contribution in [1.82, 2.24) is 0 Å². The average Bonchev–Trinajstić information content (AvgIpc) is 2.15. The van der Waals surface area contributed by atoms with Crippen molar-refractivity contribution < 1.29 is 8.78 Å². The van der Waals surface area contributed by atoms with Gasteiger partial charge in [0.1, 0.15) is 11.6 Å². The molecule has 0 aliphatic rings. The Morgan fingerprint density at radius 3 is 2.53 bits per heavy atom. The van der Waals surface area contributed by atoms with E-state index in [0.717, 1.165) is 12.1 Å². The van der Waals surface area contributed by atoms with E-state index in [2.05, 4.69) is 10.0 Å². The first-order valence-corrected chi connectivity index (χ1v) is 4.07. The Morgan fingerprint density at radius 1 is 1.40 bits per heavy atom. The summed E-state index contributed by atoms with van der Waals surface area (Å²) in [6.07, 6.45) is 2.57. The van der Waals surface area contributed by atoms with E-state index in [-0.39, 0.29) is 17.8 Å². The molecule has 0 aromatic heterocycles. The smallest absolute Gasteiger partial charge is 0.135 e. The number of halogens is 2. The Balaban J connectivity index is 2.94. The number of rotatable bonds is 3. The van der Waals surface area contributed by atoms with Gasteiger partial charge in [-0.15, -0.1) is 0 Å². The first kappa shape index (κ1) is 11.0. The molecule has 1 aromatic carbocycles. The van der Waals surface area contributed by atoms with Gasteiger partial charge >= 0.3 is 0 Å². The molecule has 4 nitrogen and oxygen atoms in total. The summed E-state index contributed by atoms with van der Waals surface area (Å²) in [5.74, 6) is -1.49. The van der Waals surface area contributed by atoms with Gasteiger partial charge in [0.2, 0.25) is 0 Å². The first-order chi connectivity index (χ1) is 7.15. The lowest BCUT2D eigenvalue weighted by atomic mass is 10.1. The summed E-state index contributed by atoms with van der Waals surface area (Å²) in [6, 6.07) is 2.05. The van der Waals surface area contributed by atoms with E-state index in [4.69, 9.17) is 11.3 Å². The van der Waals surface area contributed by atoms with Gasteiger partial charge in [-0.1, -0.05) is 17.3 Å². The zero-order chi connectivity index (χ0) is 11.3. The molecule has 0 aliphatic heterocycles. The normalized spacial score (nSPS) is 10.3. The van der Waals surface area contributed by atoms with Crippen molar-refractivity contribution in [3.8, 4) is 0 Å². The quantitative estimate of drug-likeness (QED) is 0.354. The van der Waals surface area contributed by atoms with Gasteiger partial charge in [0.15, 0.2) is 0 Å². The third-order valence-corrected chi connectivity index (χ3v) is 1.64. The SMILES string of the molecule is [N-]=[N+]=NCC=Cc1c(F)cc(N)cc1F. The Morgan fingerprint density at radius 2 is 2.00 bits per heavy atom. The maximum atomic E-state index is 13.1. The van der Waals surface area contributed by atoms with Crippen LogP contribution in [0.1, 0.15) is 5.56 Å². The molecule has 15 heavy (non-hydrogen) atoms. The van der Waals surface area contributed by atoms with Gasteiger partial charge in [0.05, 0.1) is 0 Å². The Kier molecular flexibility index (Phi) is 3.65. The van der Waals surface area contributed by atoms with Crippen molar-refractivity contribution in [3.63, 3.8) is 0 Å². The second-order valence-corrected chi connectivity index (χ2v) is 2.71. The molecule has 0 radical (unpaired) electrons. The average molecular weight is 210 g/mol. The van der Waals surface area contributed by atoms with Crippen LogP contribution < -0.4 is 5.73 Å². The van der Waals surface area contributed by atoms with E-state index in [1.54, 1.807) is 0 Å². The van der Waals surface area contributed by atoms with Gasteiger partial charge < -0.3 is 5.73 Å². The molecular formula is C9H8F2N4. The van der Waals surface area contributed by atoms with Gasteiger partial charge in [-0.05, 0) is 17.7 Å². The summed E-state index contributed by atoms with van der Waals surface area (Å²) in [5, 5.41) is 3.19. The third-order valence-electron chi connectivity index (χ3n) is 1.64. The number of benzene rings is 1. The van der Waals surface area contributed by atoms with Gasteiger partial charge in [-0.25, -0.2) is 8.78 Å². The standard InChI is InChI=1S/C9H8F2N4/c10-8-4-6(12)5-9(11)7(8)2-1-3-14-15-13/h1-2,4-5H,3,12H2. The van der Waals surface area contributed by atoms with Crippen LogP contribution in [-0.2, 0) is 0 Å². The molecule has 0 fully saturated rings. The molecule has 78 valence electrons. The molecule has 0 amide bonds. The molecule has 2 N–H and O–H groups in total. The molecule has 0 heterocycles. The number of nitrogens with zero attached hydrogens (tertiary/aromatic N) is 3. The summed E-state index contributed by atoms with van der Waals surface area (Å²) in [5.41, 5.74) is 13.0. The number of hydrogen-bond donors (Lipinski definition) is 1. The van der Waals surface area contributed by atoms with Crippen LogP contribution >= 0.6 is 0 Å². The van der Waals surface area contributed by atoms with Crippen LogP contribution in [0.5, 0.6) is 0 Å². The summed E-state index contributed by atoms with van der Waals surface area (Å²) in [6.45, 7) is 0.0414. The number of anilines is 1. The predicted octanol–water partition coefficient (Wildman–Crippen LogP) is 2.87. The molecule has 1 aromatic rings. The predicted molar refractivity (Wildman–Crippen MR) is 53.8 cm³/mol. The van der Waals surface area contributed by atoms with Gasteiger partial charge in [0, 0.05) is 22.7 Å².